The maximum absolute atomic E-state index is 11.2. The zero-order chi connectivity index (χ0) is 12.1. The van der Waals surface area contributed by atoms with E-state index in [4.69, 9.17) is 11.5 Å². The molecule has 4 N–H and O–H groups in total. The molecule has 0 fully saturated rings. The van der Waals surface area contributed by atoms with E-state index in [0.717, 1.165) is 0 Å². The first-order chi connectivity index (χ1) is 7.54. The first kappa shape index (κ1) is 11.6. The Bertz CT molecular complexity index is 498. The smallest absolute Gasteiger partial charge is 0.337 e. The van der Waals surface area contributed by atoms with Gasteiger partial charge in [-0.05, 0) is 18.2 Å². The normalized spacial score (nSPS) is 8.81. The fraction of sp³-hybridized carbons (Fsp3) is 0.0909. The zero-order valence-electron chi connectivity index (χ0n) is 8.61. The highest BCUT2D eigenvalue weighted by Crippen LogP contribution is 2.13. The summed E-state index contributed by atoms with van der Waals surface area (Å²) < 4.78 is 4.54. The number of esters is 1. The van der Waals surface area contributed by atoms with Crippen molar-refractivity contribution in [2.24, 2.45) is 5.73 Å². The first-order valence-corrected chi connectivity index (χ1v) is 4.34. The van der Waals surface area contributed by atoms with Gasteiger partial charge in [0.1, 0.15) is 0 Å². The number of carbonyl (C=O) groups excluding carboxylic acids is 2. The lowest BCUT2D eigenvalue weighted by atomic mass is 10.1. The van der Waals surface area contributed by atoms with Gasteiger partial charge < -0.3 is 16.2 Å². The van der Waals surface area contributed by atoms with E-state index in [9.17, 15) is 9.59 Å². The van der Waals surface area contributed by atoms with Crippen LogP contribution in [0.15, 0.2) is 18.2 Å². The molecule has 0 aromatic heterocycles. The molecule has 0 heterocycles. The number of hydrogen-bond donors (Lipinski definition) is 2. The Morgan fingerprint density at radius 2 is 2.06 bits per heavy atom. The number of nitrogens with two attached hydrogens (primary N) is 2. The number of methoxy groups -OCH3 is 1. The summed E-state index contributed by atoms with van der Waals surface area (Å²) in [4.78, 5) is 21.7. The van der Waals surface area contributed by atoms with E-state index in [1.54, 1.807) is 0 Å². The predicted octanol–water partition coefficient (Wildman–Crippen LogP) is -0.108. The molecule has 1 aromatic rings. The number of carbonyl (C=O) groups is 2. The zero-order valence-corrected chi connectivity index (χ0v) is 8.61. The number of hydrogen-bond acceptors (Lipinski definition) is 4. The molecule has 0 atom stereocenters. The van der Waals surface area contributed by atoms with Crippen molar-refractivity contribution in [1.29, 1.82) is 0 Å². The second kappa shape index (κ2) is 4.84. The van der Waals surface area contributed by atoms with Crippen molar-refractivity contribution < 1.29 is 14.3 Å². The van der Waals surface area contributed by atoms with Gasteiger partial charge in [0, 0.05) is 17.2 Å². The molecule has 16 heavy (non-hydrogen) atoms. The maximum Gasteiger partial charge on any atom is 0.337 e. The molecular weight excluding hydrogens is 208 g/mol. The average Bonchev–Trinajstić information content (AvgIpc) is 2.26. The summed E-state index contributed by atoms with van der Waals surface area (Å²) in [5.41, 5.74) is 11.5. The molecule has 0 unspecified atom stereocenters. The number of primary amides is 1. The predicted molar refractivity (Wildman–Crippen MR) is 58.3 cm³/mol. The molecule has 0 aliphatic rings. The lowest BCUT2D eigenvalue weighted by Gasteiger charge is -2.02. The summed E-state index contributed by atoms with van der Waals surface area (Å²) in [6.45, 7) is 0. The highest BCUT2D eigenvalue weighted by Gasteiger charge is 2.06. The minimum absolute atomic E-state index is 0.311. The lowest BCUT2D eigenvalue weighted by molar-refractivity contribution is -0.112. The molecule has 1 aromatic carbocycles. The van der Waals surface area contributed by atoms with Gasteiger partial charge in [0.05, 0.1) is 12.7 Å². The SMILES string of the molecule is COC(=O)c1ccc(N)c(C#CC(N)=O)c1. The van der Waals surface area contributed by atoms with E-state index in [-0.39, 0.29) is 0 Å². The van der Waals surface area contributed by atoms with Crippen LogP contribution < -0.4 is 11.5 Å². The van der Waals surface area contributed by atoms with Gasteiger partial charge in [0.2, 0.25) is 0 Å². The van der Waals surface area contributed by atoms with E-state index in [1.165, 1.54) is 25.3 Å². The summed E-state index contributed by atoms with van der Waals surface area (Å²) >= 11 is 0. The van der Waals surface area contributed by atoms with Crippen molar-refractivity contribution in [2.75, 3.05) is 12.8 Å². The summed E-state index contributed by atoms with van der Waals surface area (Å²) in [6, 6.07) is 4.46. The van der Waals surface area contributed by atoms with E-state index in [1.807, 2.05) is 0 Å². The molecule has 0 saturated heterocycles. The van der Waals surface area contributed by atoms with Crippen molar-refractivity contribution in [3.63, 3.8) is 0 Å². The second-order valence-corrected chi connectivity index (χ2v) is 2.91. The van der Waals surface area contributed by atoms with Crippen LogP contribution in [0.3, 0.4) is 0 Å². The third-order valence-corrected chi connectivity index (χ3v) is 1.79. The van der Waals surface area contributed by atoms with E-state index >= 15 is 0 Å². The van der Waals surface area contributed by atoms with Crippen molar-refractivity contribution in [2.45, 2.75) is 0 Å². The molecule has 5 nitrogen and oxygen atoms in total. The van der Waals surface area contributed by atoms with Gasteiger partial charge in [0.15, 0.2) is 0 Å². The van der Waals surface area contributed by atoms with Crippen LogP contribution in [-0.4, -0.2) is 19.0 Å². The molecule has 1 rings (SSSR count). The molecule has 0 radical (unpaired) electrons. The monoisotopic (exact) mass is 218 g/mol. The fourth-order valence-electron chi connectivity index (χ4n) is 1.04. The number of anilines is 1. The van der Waals surface area contributed by atoms with E-state index < -0.39 is 11.9 Å². The van der Waals surface area contributed by atoms with Crippen molar-refractivity contribution >= 4 is 17.6 Å². The molecule has 0 spiro atoms. The highest BCUT2D eigenvalue weighted by molar-refractivity contribution is 5.94. The number of amides is 1. The van der Waals surface area contributed by atoms with Gasteiger partial charge in [-0.2, -0.15) is 0 Å². The summed E-state index contributed by atoms with van der Waals surface area (Å²) in [6.07, 6.45) is 0. The summed E-state index contributed by atoms with van der Waals surface area (Å²) in [5.74, 6) is 3.36. The maximum atomic E-state index is 11.2. The Morgan fingerprint density at radius 1 is 1.38 bits per heavy atom. The van der Waals surface area contributed by atoms with E-state index in [0.29, 0.717) is 16.8 Å². The highest BCUT2D eigenvalue weighted by atomic mass is 16.5. The Balaban J connectivity index is 3.15. The van der Waals surface area contributed by atoms with Gasteiger partial charge >= 0.3 is 5.97 Å². The number of ether oxygens (including phenoxy) is 1. The number of benzene rings is 1. The van der Waals surface area contributed by atoms with Crippen LogP contribution >= 0.6 is 0 Å². The molecule has 5 heteroatoms. The number of nitrogen functional groups attached to an aromatic ring is 1. The van der Waals surface area contributed by atoms with Gasteiger partial charge in [-0.1, -0.05) is 5.92 Å². The van der Waals surface area contributed by atoms with Crippen molar-refractivity contribution in [3.8, 4) is 11.8 Å². The molecule has 1 amide bonds. The average molecular weight is 218 g/mol. The van der Waals surface area contributed by atoms with Gasteiger partial charge in [0.25, 0.3) is 5.91 Å². The number of rotatable bonds is 1. The van der Waals surface area contributed by atoms with Crippen molar-refractivity contribution in [3.05, 3.63) is 29.3 Å². The Hall–Kier alpha value is -2.48. The third kappa shape index (κ3) is 2.75. The minimum Gasteiger partial charge on any atom is -0.465 e. The Morgan fingerprint density at radius 3 is 2.62 bits per heavy atom. The molecule has 0 saturated carbocycles. The van der Waals surface area contributed by atoms with Crippen LogP contribution in [-0.2, 0) is 9.53 Å². The Labute approximate surface area is 92.4 Å². The molecule has 0 bridgehead atoms. The van der Waals surface area contributed by atoms with Gasteiger partial charge in [-0.25, -0.2) is 4.79 Å². The summed E-state index contributed by atoms with van der Waals surface area (Å²) in [5, 5.41) is 0. The molecular formula is C11H10N2O3. The Kier molecular flexibility index (Phi) is 3.51. The molecule has 0 aliphatic carbocycles. The quantitative estimate of drug-likeness (QED) is 0.390. The van der Waals surface area contributed by atoms with Crippen LogP contribution in [0.5, 0.6) is 0 Å². The molecule has 82 valence electrons. The van der Waals surface area contributed by atoms with Crippen LogP contribution in [0.2, 0.25) is 0 Å². The van der Waals surface area contributed by atoms with Crippen LogP contribution in [0.4, 0.5) is 5.69 Å². The fourth-order valence-corrected chi connectivity index (χ4v) is 1.04. The largest absolute Gasteiger partial charge is 0.465 e. The minimum atomic E-state index is -0.761. The van der Waals surface area contributed by atoms with Crippen LogP contribution in [0, 0.1) is 11.8 Å². The second-order valence-electron chi connectivity index (χ2n) is 2.91. The van der Waals surface area contributed by atoms with Crippen molar-refractivity contribution in [1.82, 2.24) is 0 Å². The third-order valence-electron chi connectivity index (χ3n) is 1.79. The van der Waals surface area contributed by atoms with Crippen LogP contribution in [0.1, 0.15) is 15.9 Å². The summed E-state index contributed by atoms with van der Waals surface area (Å²) in [7, 11) is 1.27. The topological polar surface area (TPSA) is 95.4 Å². The van der Waals surface area contributed by atoms with Gasteiger partial charge in [-0.3, -0.25) is 4.79 Å². The standard InChI is InChI=1S/C11H10N2O3/c1-16-11(15)8-2-4-9(12)7(6-8)3-5-10(13)14/h2,4,6H,12H2,1H3,(H2,13,14). The van der Waals surface area contributed by atoms with E-state index in [2.05, 4.69) is 16.6 Å². The molecule has 0 aliphatic heterocycles. The lowest BCUT2D eigenvalue weighted by Crippen LogP contribution is -2.06. The van der Waals surface area contributed by atoms with Gasteiger partial charge in [-0.15, -0.1) is 0 Å². The first-order valence-electron chi connectivity index (χ1n) is 4.34. The van der Waals surface area contributed by atoms with Crippen LogP contribution in [0.25, 0.3) is 0 Å².